The van der Waals surface area contributed by atoms with Crippen molar-refractivity contribution in [2.45, 2.75) is 25.3 Å². The molecular weight excluding hydrogens is 200 g/mol. The highest BCUT2D eigenvalue weighted by Crippen LogP contribution is 2.34. The Morgan fingerprint density at radius 3 is 2.88 bits per heavy atom. The number of amides is 1. The first kappa shape index (κ1) is 9.85. The molecule has 1 fully saturated rings. The van der Waals surface area contributed by atoms with Crippen LogP contribution in [0.4, 0.5) is 5.69 Å². The number of carbonyl (C=O) groups excluding carboxylic acids is 1. The fourth-order valence-corrected chi connectivity index (χ4v) is 2.46. The van der Waals surface area contributed by atoms with E-state index in [2.05, 4.69) is 6.07 Å². The second-order valence-corrected chi connectivity index (χ2v) is 4.73. The molecule has 1 amide bonds. The molecule has 3 rings (SSSR count). The van der Waals surface area contributed by atoms with Crippen LogP contribution >= 0.6 is 0 Å². The number of anilines is 1. The lowest BCUT2D eigenvalue weighted by molar-refractivity contribution is -0.119. The molecule has 0 bridgehead atoms. The second-order valence-electron chi connectivity index (χ2n) is 4.73. The van der Waals surface area contributed by atoms with Gasteiger partial charge >= 0.3 is 0 Å². The van der Waals surface area contributed by atoms with Crippen molar-refractivity contribution in [2.24, 2.45) is 11.7 Å². The van der Waals surface area contributed by atoms with E-state index in [1.54, 1.807) is 0 Å². The minimum Gasteiger partial charge on any atom is -0.327 e. The van der Waals surface area contributed by atoms with Gasteiger partial charge in [0.2, 0.25) is 5.91 Å². The molecule has 0 aromatic heterocycles. The maximum atomic E-state index is 12.2. The van der Waals surface area contributed by atoms with Gasteiger partial charge in [0.05, 0.1) is 5.92 Å². The summed E-state index contributed by atoms with van der Waals surface area (Å²) in [4.78, 5) is 14.1. The minimum absolute atomic E-state index is 0.0751. The average Bonchev–Trinajstić information content (AvgIpc) is 3.05. The molecule has 84 valence electrons. The molecule has 3 nitrogen and oxygen atoms in total. The third kappa shape index (κ3) is 1.52. The van der Waals surface area contributed by atoms with Crippen molar-refractivity contribution in [1.82, 2.24) is 0 Å². The summed E-state index contributed by atoms with van der Waals surface area (Å²) >= 11 is 0. The zero-order valence-corrected chi connectivity index (χ0v) is 9.23. The lowest BCUT2D eigenvalue weighted by Crippen LogP contribution is -2.37. The van der Waals surface area contributed by atoms with Crippen LogP contribution in [0.1, 0.15) is 18.4 Å². The zero-order chi connectivity index (χ0) is 11.1. The first-order valence-electron chi connectivity index (χ1n) is 5.92. The number of fused-ring (bicyclic) bond motifs is 1. The van der Waals surface area contributed by atoms with E-state index >= 15 is 0 Å². The molecule has 3 heteroatoms. The van der Waals surface area contributed by atoms with Gasteiger partial charge < -0.3 is 10.6 Å². The topological polar surface area (TPSA) is 46.3 Å². The first-order valence-corrected chi connectivity index (χ1v) is 5.92. The molecule has 2 atom stereocenters. The predicted octanol–water partition coefficient (Wildman–Crippen LogP) is 1.31. The summed E-state index contributed by atoms with van der Waals surface area (Å²) < 4.78 is 0. The Bertz CT molecular complexity index is 430. The van der Waals surface area contributed by atoms with Crippen molar-refractivity contribution < 1.29 is 4.79 Å². The van der Waals surface area contributed by atoms with Gasteiger partial charge in [-0.25, -0.2) is 0 Å². The Kier molecular flexibility index (Phi) is 2.21. The van der Waals surface area contributed by atoms with Crippen LogP contribution in [0.3, 0.4) is 0 Å². The number of para-hydroxylation sites is 1. The molecule has 0 saturated heterocycles. The molecule has 1 aliphatic carbocycles. The first-order chi connectivity index (χ1) is 7.77. The van der Waals surface area contributed by atoms with Gasteiger partial charge in [-0.3, -0.25) is 4.79 Å². The Labute approximate surface area is 95.2 Å². The van der Waals surface area contributed by atoms with Crippen LogP contribution in [0.5, 0.6) is 0 Å². The van der Waals surface area contributed by atoms with Crippen molar-refractivity contribution in [3.8, 4) is 0 Å². The summed E-state index contributed by atoms with van der Waals surface area (Å²) in [7, 11) is 0. The van der Waals surface area contributed by atoms with E-state index in [0.717, 1.165) is 31.5 Å². The number of aryl methyl sites for hydroxylation is 1. The molecule has 2 unspecified atom stereocenters. The Balaban J connectivity index is 1.90. The summed E-state index contributed by atoms with van der Waals surface area (Å²) in [6.45, 7) is 0.846. The monoisotopic (exact) mass is 216 g/mol. The quantitative estimate of drug-likeness (QED) is 0.769. The summed E-state index contributed by atoms with van der Waals surface area (Å²) in [5, 5.41) is 0. The van der Waals surface area contributed by atoms with E-state index in [9.17, 15) is 4.79 Å². The Morgan fingerprint density at radius 2 is 2.12 bits per heavy atom. The molecule has 1 aromatic carbocycles. The molecule has 1 aromatic rings. The summed E-state index contributed by atoms with van der Waals surface area (Å²) in [6, 6.07) is 8.29. The summed E-state index contributed by atoms with van der Waals surface area (Å²) in [6.07, 6.45) is 3.00. The second kappa shape index (κ2) is 3.59. The van der Waals surface area contributed by atoms with E-state index in [0.29, 0.717) is 0 Å². The number of hydrogen-bond acceptors (Lipinski definition) is 2. The van der Waals surface area contributed by atoms with Crippen LogP contribution in [0.2, 0.25) is 0 Å². The largest absolute Gasteiger partial charge is 0.327 e. The molecule has 1 aliphatic heterocycles. The van der Waals surface area contributed by atoms with Crippen molar-refractivity contribution in [3.63, 3.8) is 0 Å². The molecule has 16 heavy (non-hydrogen) atoms. The van der Waals surface area contributed by atoms with Crippen LogP contribution in [0.15, 0.2) is 24.3 Å². The van der Waals surface area contributed by atoms with Crippen LogP contribution in [-0.4, -0.2) is 18.5 Å². The van der Waals surface area contributed by atoms with Gasteiger partial charge in [-0.2, -0.15) is 0 Å². The van der Waals surface area contributed by atoms with Crippen molar-refractivity contribution in [3.05, 3.63) is 29.8 Å². The molecule has 2 N–H and O–H groups in total. The SMILES string of the molecule is NC1CC1C(=O)N1CCCc2ccccc21. The third-order valence-corrected chi connectivity index (χ3v) is 3.53. The maximum Gasteiger partial charge on any atom is 0.231 e. The number of nitrogens with zero attached hydrogens (tertiary/aromatic N) is 1. The average molecular weight is 216 g/mol. The minimum atomic E-state index is 0.0751. The van der Waals surface area contributed by atoms with E-state index in [1.165, 1.54) is 5.56 Å². The van der Waals surface area contributed by atoms with Crippen molar-refractivity contribution in [1.29, 1.82) is 0 Å². The lowest BCUT2D eigenvalue weighted by Gasteiger charge is -2.29. The van der Waals surface area contributed by atoms with Crippen LogP contribution < -0.4 is 10.6 Å². The highest BCUT2D eigenvalue weighted by molar-refractivity contribution is 5.98. The number of rotatable bonds is 1. The van der Waals surface area contributed by atoms with E-state index in [-0.39, 0.29) is 17.9 Å². The predicted molar refractivity (Wildman–Crippen MR) is 63.2 cm³/mol. The fraction of sp³-hybridized carbons (Fsp3) is 0.462. The van der Waals surface area contributed by atoms with E-state index in [1.807, 2.05) is 23.1 Å². The zero-order valence-electron chi connectivity index (χ0n) is 9.23. The Morgan fingerprint density at radius 1 is 1.38 bits per heavy atom. The molecule has 1 heterocycles. The van der Waals surface area contributed by atoms with Gasteiger partial charge in [-0.15, -0.1) is 0 Å². The van der Waals surface area contributed by atoms with Gasteiger partial charge in [-0.05, 0) is 30.9 Å². The van der Waals surface area contributed by atoms with Gasteiger partial charge in [0.15, 0.2) is 0 Å². The fourth-order valence-electron chi connectivity index (χ4n) is 2.46. The summed E-state index contributed by atoms with van der Waals surface area (Å²) in [5.74, 6) is 0.297. The smallest absolute Gasteiger partial charge is 0.231 e. The number of benzene rings is 1. The molecule has 0 spiro atoms. The lowest BCUT2D eigenvalue weighted by atomic mass is 10.0. The summed E-state index contributed by atoms with van der Waals surface area (Å²) in [5.41, 5.74) is 8.13. The van der Waals surface area contributed by atoms with Gasteiger partial charge in [0, 0.05) is 18.3 Å². The number of hydrogen-bond donors (Lipinski definition) is 1. The van der Waals surface area contributed by atoms with Crippen molar-refractivity contribution in [2.75, 3.05) is 11.4 Å². The van der Waals surface area contributed by atoms with Crippen LogP contribution in [-0.2, 0) is 11.2 Å². The molecule has 2 aliphatic rings. The van der Waals surface area contributed by atoms with Crippen LogP contribution in [0, 0.1) is 5.92 Å². The van der Waals surface area contributed by atoms with Gasteiger partial charge in [0.1, 0.15) is 0 Å². The standard InChI is InChI=1S/C13H16N2O/c14-11-8-10(11)13(16)15-7-3-5-9-4-1-2-6-12(9)15/h1-2,4,6,10-11H,3,5,7-8,14H2. The third-order valence-electron chi connectivity index (χ3n) is 3.53. The molecular formula is C13H16N2O. The van der Waals surface area contributed by atoms with Gasteiger partial charge in [-0.1, -0.05) is 18.2 Å². The maximum absolute atomic E-state index is 12.2. The molecule has 1 saturated carbocycles. The van der Waals surface area contributed by atoms with E-state index in [4.69, 9.17) is 5.73 Å². The molecule has 0 radical (unpaired) electrons. The normalized spacial score (nSPS) is 27.4. The number of nitrogens with two attached hydrogens (primary N) is 1. The highest BCUT2D eigenvalue weighted by atomic mass is 16.2. The van der Waals surface area contributed by atoms with E-state index < -0.39 is 0 Å². The van der Waals surface area contributed by atoms with Crippen LogP contribution in [0.25, 0.3) is 0 Å². The van der Waals surface area contributed by atoms with Gasteiger partial charge in [0.25, 0.3) is 0 Å². The van der Waals surface area contributed by atoms with Crippen molar-refractivity contribution >= 4 is 11.6 Å². The highest BCUT2D eigenvalue weighted by Gasteiger charge is 2.43. The Hall–Kier alpha value is -1.35. The number of carbonyl (C=O) groups is 1.